The number of rotatable bonds is 3. The lowest BCUT2D eigenvalue weighted by atomic mass is 10.1. The molecule has 0 bridgehead atoms. The predicted octanol–water partition coefficient (Wildman–Crippen LogP) is 6.10. The highest BCUT2D eigenvalue weighted by Gasteiger charge is 2.63. The molecule has 7 heteroatoms. The molecule has 0 aromatic heterocycles. The summed E-state index contributed by atoms with van der Waals surface area (Å²) in [7, 11) is 0. The molecule has 1 fully saturated rings. The van der Waals surface area contributed by atoms with Crippen LogP contribution in [0.4, 0.5) is 16.2 Å². The van der Waals surface area contributed by atoms with Crippen molar-refractivity contribution in [2.45, 2.75) is 30.0 Å². The molecule has 5 rings (SSSR count). The van der Waals surface area contributed by atoms with Gasteiger partial charge in [0.15, 0.2) is 4.87 Å². The summed E-state index contributed by atoms with van der Waals surface area (Å²) in [5.41, 5.74) is 3.37. The highest BCUT2D eigenvalue weighted by atomic mass is 35.5. The third kappa shape index (κ3) is 3.77. The Morgan fingerprint density at radius 1 is 1.00 bits per heavy atom. The molecule has 5 nitrogen and oxygen atoms in total. The smallest absolute Gasteiger partial charge is 0.308 e. The molecule has 33 heavy (non-hydrogen) atoms. The zero-order valence-electron chi connectivity index (χ0n) is 18.4. The number of para-hydroxylation sites is 1. The fourth-order valence-corrected chi connectivity index (χ4v) is 6.46. The second kappa shape index (κ2) is 8.12. The first-order valence-corrected chi connectivity index (χ1v) is 12.0. The molecule has 0 saturated carbocycles. The van der Waals surface area contributed by atoms with E-state index in [1.807, 2.05) is 59.5 Å². The number of hydrogen-bond acceptors (Lipinski definition) is 3. The molecule has 3 amide bonds. The van der Waals surface area contributed by atoms with Crippen molar-refractivity contribution >= 4 is 46.7 Å². The molecule has 1 saturated heterocycles. The Bertz CT molecular complexity index is 1220. The van der Waals surface area contributed by atoms with Crippen LogP contribution in [0, 0.1) is 0 Å². The van der Waals surface area contributed by atoms with E-state index in [1.54, 1.807) is 40.9 Å². The third-order valence-corrected chi connectivity index (χ3v) is 7.81. The average Bonchev–Trinajstić information content (AvgIpc) is 3.22. The Morgan fingerprint density at radius 3 is 2.39 bits per heavy atom. The summed E-state index contributed by atoms with van der Waals surface area (Å²) < 4.78 is -0.303. The van der Waals surface area contributed by atoms with Crippen LogP contribution < -0.4 is 10.2 Å². The van der Waals surface area contributed by atoms with Crippen LogP contribution in [0.15, 0.2) is 78.9 Å². The van der Waals surface area contributed by atoms with E-state index in [4.69, 9.17) is 11.6 Å². The molecule has 2 aliphatic heterocycles. The fourth-order valence-electron chi connectivity index (χ4n) is 4.60. The lowest BCUT2D eigenvalue weighted by Gasteiger charge is -2.33. The largest absolute Gasteiger partial charge is 0.323 e. The Kier molecular flexibility index (Phi) is 5.38. The number of urea groups is 1. The summed E-state index contributed by atoms with van der Waals surface area (Å²) >= 11 is 7.54. The number of amides is 3. The van der Waals surface area contributed by atoms with Gasteiger partial charge in [-0.3, -0.25) is 9.69 Å². The van der Waals surface area contributed by atoms with Crippen molar-refractivity contribution in [3.63, 3.8) is 0 Å². The maximum absolute atomic E-state index is 14.2. The monoisotopic (exact) mass is 477 g/mol. The van der Waals surface area contributed by atoms with Crippen LogP contribution in [-0.4, -0.2) is 28.1 Å². The van der Waals surface area contributed by atoms with E-state index in [1.165, 1.54) is 0 Å². The molecule has 2 heterocycles. The van der Waals surface area contributed by atoms with Crippen molar-refractivity contribution < 1.29 is 9.59 Å². The first-order chi connectivity index (χ1) is 15.8. The molecule has 0 radical (unpaired) electrons. The highest BCUT2D eigenvalue weighted by molar-refractivity contribution is 8.02. The van der Waals surface area contributed by atoms with Crippen molar-refractivity contribution in [1.82, 2.24) is 4.90 Å². The number of benzene rings is 3. The van der Waals surface area contributed by atoms with Gasteiger partial charge in [-0.25, -0.2) is 4.79 Å². The van der Waals surface area contributed by atoms with Crippen LogP contribution in [-0.2, 0) is 16.2 Å². The second-order valence-electron chi connectivity index (χ2n) is 8.92. The minimum Gasteiger partial charge on any atom is -0.308 e. The number of fused-ring (bicyclic) bond motifs is 2. The number of halogens is 1. The molecule has 1 atom stereocenters. The zero-order chi connectivity index (χ0) is 23.2. The van der Waals surface area contributed by atoms with E-state index in [9.17, 15) is 9.59 Å². The summed E-state index contributed by atoms with van der Waals surface area (Å²) in [6.45, 7) is 5.04. The van der Waals surface area contributed by atoms with E-state index in [0.717, 1.165) is 16.8 Å². The SMILES string of the molecule is CC1(C)CN(C(=O)Nc2ccc(Cl)cc2)[C@@]2(S1)C(=O)N(Cc1ccccc1)c1ccccc12. The summed E-state index contributed by atoms with van der Waals surface area (Å²) in [4.78, 5) is 30.1. The summed E-state index contributed by atoms with van der Waals surface area (Å²) in [5, 5.41) is 3.56. The first-order valence-electron chi connectivity index (χ1n) is 10.8. The van der Waals surface area contributed by atoms with Crippen LogP contribution >= 0.6 is 23.4 Å². The Labute approximate surface area is 202 Å². The lowest BCUT2D eigenvalue weighted by Crippen LogP contribution is -2.51. The van der Waals surface area contributed by atoms with Crippen LogP contribution in [0.2, 0.25) is 5.02 Å². The second-order valence-corrected chi connectivity index (χ2v) is 11.3. The maximum Gasteiger partial charge on any atom is 0.323 e. The van der Waals surface area contributed by atoms with Gasteiger partial charge in [-0.15, -0.1) is 11.8 Å². The summed E-state index contributed by atoms with van der Waals surface area (Å²) in [6, 6.07) is 24.4. The fraction of sp³-hybridized carbons (Fsp3) is 0.231. The Morgan fingerprint density at radius 2 is 1.67 bits per heavy atom. The number of nitrogens with zero attached hydrogens (tertiary/aromatic N) is 2. The minimum absolute atomic E-state index is 0.0885. The first kappa shape index (κ1) is 21.9. The van der Waals surface area contributed by atoms with E-state index in [0.29, 0.717) is 23.8 Å². The zero-order valence-corrected chi connectivity index (χ0v) is 20.0. The van der Waals surface area contributed by atoms with Gasteiger partial charge < -0.3 is 10.2 Å². The highest BCUT2D eigenvalue weighted by Crippen LogP contribution is 2.59. The van der Waals surface area contributed by atoms with Gasteiger partial charge in [-0.05, 0) is 49.7 Å². The maximum atomic E-state index is 14.2. The van der Waals surface area contributed by atoms with Gasteiger partial charge in [-0.1, -0.05) is 60.1 Å². The van der Waals surface area contributed by atoms with Crippen molar-refractivity contribution in [3.8, 4) is 0 Å². The van der Waals surface area contributed by atoms with Gasteiger partial charge in [0.2, 0.25) is 0 Å². The normalized spacial score (nSPS) is 20.9. The number of carbonyl (C=O) groups is 2. The van der Waals surface area contributed by atoms with Crippen LogP contribution in [0.1, 0.15) is 25.0 Å². The summed E-state index contributed by atoms with van der Waals surface area (Å²) in [5.74, 6) is -0.0885. The van der Waals surface area contributed by atoms with E-state index < -0.39 is 4.87 Å². The van der Waals surface area contributed by atoms with Crippen molar-refractivity contribution in [1.29, 1.82) is 0 Å². The van der Waals surface area contributed by atoms with Crippen molar-refractivity contribution in [2.75, 3.05) is 16.8 Å². The van der Waals surface area contributed by atoms with Crippen LogP contribution in [0.3, 0.4) is 0 Å². The molecule has 1 N–H and O–H groups in total. The topological polar surface area (TPSA) is 52.7 Å². The van der Waals surface area contributed by atoms with Crippen molar-refractivity contribution in [3.05, 3.63) is 95.0 Å². The van der Waals surface area contributed by atoms with Gasteiger partial charge in [-0.2, -0.15) is 0 Å². The van der Waals surface area contributed by atoms with Crippen LogP contribution in [0.5, 0.6) is 0 Å². The number of carbonyl (C=O) groups excluding carboxylic acids is 2. The summed E-state index contributed by atoms with van der Waals surface area (Å²) in [6.07, 6.45) is 0. The van der Waals surface area contributed by atoms with E-state index in [-0.39, 0.29) is 16.7 Å². The van der Waals surface area contributed by atoms with Crippen LogP contribution in [0.25, 0.3) is 0 Å². The molecular formula is C26H24ClN3O2S. The minimum atomic E-state index is -1.12. The molecular weight excluding hydrogens is 454 g/mol. The molecule has 0 unspecified atom stereocenters. The Balaban J connectivity index is 1.55. The molecule has 3 aromatic carbocycles. The molecule has 1 spiro atoms. The van der Waals surface area contributed by atoms with Gasteiger partial charge in [0.25, 0.3) is 5.91 Å². The molecule has 3 aromatic rings. The average molecular weight is 478 g/mol. The van der Waals surface area contributed by atoms with E-state index >= 15 is 0 Å². The number of hydrogen-bond donors (Lipinski definition) is 1. The lowest BCUT2D eigenvalue weighted by molar-refractivity contribution is -0.123. The molecule has 168 valence electrons. The number of nitrogens with one attached hydrogen (secondary N) is 1. The third-order valence-electron chi connectivity index (χ3n) is 5.96. The predicted molar refractivity (Wildman–Crippen MR) is 135 cm³/mol. The number of anilines is 2. The van der Waals surface area contributed by atoms with Gasteiger partial charge in [0.1, 0.15) is 0 Å². The van der Waals surface area contributed by atoms with Gasteiger partial charge >= 0.3 is 6.03 Å². The standard InChI is InChI=1S/C26H24ClN3O2S/c1-25(2)17-30(24(32)28-20-14-12-19(27)13-15-20)26(33-25)21-10-6-7-11-22(21)29(23(26)31)16-18-8-4-3-5-9-18/h3-15H,16-17H2,1-2H3,(H,28,32)/t26-/m0/s1. The Hall–Kier alpha value is -2.96. The van der Waals surface area contributed by atoms with E-state index in [2.05, 4.69) is 19.2 Å². The molecule has 0 aliphatic carbocycles. The number of thioether (sulfide) groups is 1. The molecule has 2 aliphatic rings. The quantitative estimate of drug-likeness (QED) is 0.496. The van der Waals surface area contributed by atoms with Gasteiger partial charge in [0, 0.05) is 27.6 Å². The van der Waals surface area contributed by atoms with Gasteiger partial charge in [0.05, 0.1) is 12.2 Å². The van der Waals surface area contributed by atoms with Crippen molar-refractivity contribution in [2.24, 2.45) is 0 Å².